The molecule has 1 amide bonds. The highest BCUT2D eigenvalue weighted by atomic mass is 32.1. The van der Waals surface area contributed by atoms with E-state index in [0.717, 1.165) is 47.1 Å². The van der Waals surface area contributed by atoms with Crippen LogP contribution in [0.25, 0.3) is 10.6 Å². The molecule has 1 aliphatic rings. The predicted molar refractivity (Wildman–Crippen MR) is 101 cm³/mol. The maximum atomic E-state index is 13.1. The molecular formula is C20H21N3O2S. The Bertz CT molecular complexity index is 940. The lowest BCUT2D eigenvalue weighted by Gasteiger charge is -2.22. The number of benzene rings is 1. The Kier molecular flexibility index (Phi) is 4.36. The van der Waals surface area contributed by atoms with Gasteiger partial charge in [-0.1, -0.05) is 17.3 Å². The zero-order valence-electron chi connectivity index (χ0n) is 15.2. The number of amides is 1. The summed E-state index contributed by atoms with van der Waals surface area (Å²) in [5, 5.41) is 4.93. The second kappa shape index (κ2) is 6.68. The molecule has 6 heteroatoms. The van der Waals surface area contributed by atoms with Gasteiger partial charge >= 0.3 is 0 Å². The lowest BCUT2D eigenvalue weighted by molar-refractivity contribution is 0.0714. The number of hydrogen-bond donors (Lipinski definition) is 0. The van der Waals surface area contributed by atoms with Crippen LogP contribution in [0.15, 0.2) is 34.9 Å². The Hall–Kier alpha value is -2.47. The minimum Gasteiger partial charge on any atom is -0.359 e. The Morgan fingerprint density at radius 2 is 2.12 bits per heavy atom. The van der Waals surface area contributed by atoms with Gasteiger partial charge in [-0.05, 0) is 45.7 Å². The van der Waals surface area contributed by atoms with Crippen LogP contribution < -0.4 is 0 Å². The van der Waals surface area contributed by atoms with Crippen molar-refractivity contribution >= 4 is 17.2 Å². The molecule has 1 atom stereocenters. The normalized spacial score (nSPS) is 17.0. The average molecular weight is 367 g/mol. The van der Waals surface area contributed by atoms with E-state index in [-0.39, 0.29) is 11.9 Å². The summed E-state index contributed by atoms with van der Waals surface area (Å²) in [6.45, 7) is 6.72. The molecule has 26 heavy (non-hydrogen) atoms. The third kappa shape index (κ3) is 3.05. The predicted octanol–water partition coefficient (Wildman–Crippen LogP) is 4.70. The standard InChI is InChI=1S/C20H21N3O2S/c1-12-10-18(25-22-12)17-8-5-9-23(17)20(24)16-7-4-6-15(11-16)19-21-13(2)14(3)26-19/h4,6-7,10-11,17H,5,8-9H2,1-3H3/t17-/m0/s1. The van der Waals surface area contributed by atoms with Crippen LogP contribution in [0, 0.1) is 20.8 Å². The molecule has 0 spiro atoms. The summed E-state index contributed by atoms with van der Waals surface area (Å²) in [6, 6.07) is 9.65. The van der Waals surface area contributed by atoms with Crippen LogP contribution in [0.3, 0.4) is 0 Å². The molecule has 0 radical (unpaired) electrons. The second-order valence-corrected chi connectivity index (χ2v) is 7.97. The molecule has 1 fully saturated rings. The van der Waals surface area contributed by atoms with E-state index in [9.17, 15) is 4.79 Å². The lowest BCUT2D eigenvalue weighted by atomic mass is 10.1. The van der Waals surface area contributed by atoms with Gasteiger partial charge in [0.05, 0.1) is 17.4 Å². The average Bonchev–Trinajstić information content (AvgIpc) is 3.35. The van der Waals surface area contributed by atoms with Crippen LogP contribution in [-0.2, 0) is 0 Å². The summed E-state index contributed by atoms with van der Waals surface area (Å²) >= 11 is 1.66. The highest BCUT2D eigenvalue weighted by Crippen LogP contribution is 2.34. The molecule has 3 aromatic rings. The number of thiazole rings is 1. The highest BCUT2D eigenvalue weighted by molar-refractivity contribution is 7.15. The van der Waals surface area contributed by atoms with Gasteiger partial charge in [0.15, 0.2) is 5.76 Å². The topological polar surface area (TPSA) is 59.2 Å². The molecule has 4 rings (SSSR count). The van der Waals surface area contributed by atoms with Crippen LogP contribution in [0.5, 0.6) is 0 Å². The van der Waals surface area contributed by atoms with Gasteiger partial charge in [0, 0.05) is 28.6 Å². The van der Waals surface area contributed by atoms with Crippen molar-refractivity contribution in [3.63, 3.8) is 0 Å². The van der Waals surface area contributed by atoms with Gasteiger partial charge in [0.2, 0.25) is 0 Å². The van der Waals surface area contributed by atoms with Crippen molar-refractivity contribution in [3.8, 4) is 10.6 Å². The molecule has 0 N–H and O–H groups in total. The van der Waals surface area contributed by atoms with E-state index in [1.54, 1.807) is 11.3 Å². The molecule has 5 nitrogen and oxygen atoms in total. The van der Waals surface area contributed by atoms with Crippen LogP contribution in [0.4, 0.5) is 0 Å². The van der Waals surface area contributed by atoms with Crippen molar-refractivity contribution in [1.29, 1.82) is 0 Å². The van der Waals surface area contributed by atoms with Crippen molar-refractivity contribution in [3.05, 3.63) is 57.9 Å². The summed E-state index contributed by atoms with van der Waals surface area (Å²) in [7, 11) is 0. The SMILES string of the molecule is Cc1cc([C@@H]2CCCN2C(=O)c2cccc(-c3nc(C)c(C)s3)c2)on1. The number of likely N-dealkylation sites (tertiary alicyclic amines) is 1. The summed E-state index contributed by atoms with van der Waals surface area (Å²) in [6.07, 6.45) is 1.88. The zero-order valence-corrected chi connectivity index (χ0v) is 16.0. The molecule has 3 heterocycles. The van der Waals surface area contributed by atoms with Crippen LogP contribution in [-0.4, -0.2) is 27.5 Å². The van der Waals surface area contributed by atoms with Gasteiger partial charge in [-0.15, -0.1) is 11.3 Å². The molecule has 134 valence electrons. The Morgan fingerprint density at radius 3 is 2.81 bits per heavy atom. The van der Waals surface area contributed by atoms with E-state index in [1.165, 1.54) is 4.88 Å². The molecule has 0 aliphatic carbocycles. The summed E-state index contributed by atoms with van der Waals surface area (Å²) in [5.74, 6) is 0.809. The van der Waals surface area contributed by atoms with Crippen LogP contribution in [0.2, 0.25) is 0 Å². The smallest absolute Gasteiger partial charge is 0.254 e. The molecule has 0 saturated carbocycles. The highest BCUT2D eigenvalue weighted by Gasteiger charge is 2.33. The largest absolute Gasteiger partial charge is 0.359 e. The molecule has 1 saturated heterocycles. The molecule has 1 aliphatic heterocycles. The van der Waals surface area contributed by atoms with E-state index in [2.05, 4.69) is 17.1 Å². The summed E-state index contributed by atoms with van der Waals surface area (Å²) in [4.78, 5) is 20.9. The third-order valence-corrected chi connectivity index (χ3v) is 6.00. The van der Waals surface area contributed by atoms with E-state index in [1.807, 2.05) is 49.1 Å². The first-order valence-corrected chi connectivity index (χ1v) is 9.63. The van der Waals surface area contributed by atoms with Crippen LogP contribution >= 0.6 is 11.3 Å². The van der Waals surface area contributed by atoms with Gasteiger partial charge in [0.1, 0.15) is 5.01 Å². The second-order valence-electron chi connectivity index (χ2n) is 6.77. The Balaban J connectivity index is 1.62. The maximum absolute atomic E-state index is 13.1. The summed E-state index contributed by atoms with van der Waals surface area (Å²) < 4.78 is 5.42. The third-order valence-electron chi connectivity index (χ3n) is 4.87. The minimum atomic E-state index is -0.0308. The molecule has 2 aromatic heterocycles. The van der Waals surface area contributed by atoms with E-state index >= 15 is 0 Å². The maximum Gasteiger partial charge on any atom is 0.254 e. The fourth-order valence-corrected chi connectivity index (χ4v) is 4.30. The van der Waals surface area contributed by atoms with E-state index in [0.29, 0.717) is 5.56 Å². The minimum absolute atomic E-state index is 0.0308. The number of carbonyl (C=O) groups is 1. The fraction of sp³-hybridized carbons (Fsp3) is 0.350. The van der Waals surface area contributed by atoms with Crippen molar-refractivity contribution in [2.24, 2.45) is 0 Å². The Morgan fingerprint density at radius 1 is 1.27 bits per heavy atom. The fourth-order valence-electron chi connectivity index (χ4n) is 3.39. The number of carbonyl (C=O) groups excluding carboxylic acids is 1. The number of nitrogens with zero attached hydrogens (tertiary/aromatic N) is 3. The molecule has 1 aromatic carbocycles. The van der Waals surface area contributed by atoms with Crippen LogP contribution in [0.1, 0.15) is 51.3 Å². The van der Waals surface area contributed by atoms with Gasteiger partial charge in [-0.2, -0.15) is 0 Å². The van der Waals surface area contributed by atoms with Gasteiger partial charge in [0.25, 0.3) is 5.91 Å². The van der Waals surface area contributed by atoms with Gasteiger partial charge in [-0.25, -0.2) is 4.98 Å². The molecular weight excluding hydrogens is 346 g/mol. The Labute approximate surface area is 156 Å². The van der Waals surface area contributed by atoms with Crippen molar-refractivity contribution in [1.82, 2.24) is 15.0 Å². The van der Waals surface area contributed by atoms with Crippen molar-refractivity contribution in [2.75, 3.05) is 6.54 Å². The number of hydrogen-bond acceptors (Lipinski definition) is 5. The quantitative estimate of drug-likeness (QED) is 0.673. The monoisotopic (exact) mass is 367 g/mol. The molecule has 0 unspecified atom stereocenters. The number of aryl methyl sites for hydroxylation is 3. The number of rotatable bonds is 3. The number of aromatic nitrogens is 2. The van der Waals surface area contributed by atoms with Crippen molar-refractivity contribution in [2.45, 2.75) is 39.7 Å². The first-order chi connectivity index (χ1) is 12.5. The van der Waals surface area contributed by atoms with Gasteiger partial charge < -0.3 is 9.42 Å². The zero-order chi connectivity index (χ0) is 18.3. The van der Waals surface area contributed by atoms with Gasteiger partial charge in [-0.3, -0.25) is 4.79 Å². The lowest BCUT2D eigenvalue weighted by Crippen LogP contribution is -2.30. The van der Waals surface area contributed by atoms with Crippen molar-refractivity contribution < 1.29 is 9.32 Å². The summed E-state index contributed by atoms with van der Waals surface area (Å²) in [5.41, 5.74) is 3.57. The molecule has 0 bridgehead atoms. The van der Waals surface area contributed by atoms with E-state index < -0.39 is 0 Å². The first-order valence-electron chi connectivity index (χ1n) is 8.81. The van der Waals surface area contributed by atoms with E-state index in [4.69, 9.17) is 4.52 Å². The first kappa shape index (κ1) is 17.0.